The van der Waals surface area contributed by atoms with Gasteiger partial charge in [-0.15, -0.1) is 0 Å². The number of alkyl halides is 1. The Bertz CT molecular complexity index is 567. The van der Waals surface area contributed by atoms with E-state index < -0.39 is 17.9 Å². The zero-order valence-corrected chi connectivity index (χ0v) is 12.7. The fourth-order valence-electron chi connectivity index (χ4n) is 2.49. The van der Waals surface area contributed by atoms with Crippen molar-refractivity contribution in [3.63, 3.8) is 0 Å². The molecule has 1 saturated carbocycles. The molecule has 2 nitrogen and oxygen atoms in total. The molecule has 1 aromatic rings. The summed E-state index contributed by atoms with van der Waals surface area (Å²) < 4.78 is 14.4. The van der Waals surface area contributed by atoms with Crippen LogP contribution in [0.5, 0.6) is 0 Å². The van der Waals surface area contributed by atoms with E-state index in [2.05, 4.69) is 0 Å². The Balaban J connectivity index is 2.24. The van der Waals surface area contributed by atoms with Crippen molar-refractivity contribution in [3.8, 4) is 0 Å². The smallest absolute Gasteiger partial charge is 0.200 e. The van der Waals surface area contributed by atoms with Crippen molar-refractivity contribution in [2.24, 2.45) is 5.41 Å². The molecule has 0 amide bonds. The molecule has 0 heterocycles. The monoisotopic (exact) mass is 288 g/mol. The first-order valence-electron chi connectivity index (χ1n) is 7.26. The van der Waals surface area contributed by atoms with Crippen molar-refractivity contribution in [3.05, 3.63) is 47.5 Å². The average Bonchev–Trinajstić information content (AvgIpc) is 2.42. The summed E-state index contributed by atoms with van der Waals surface area (Å²) >= 11 is 0. The molecule has 0 saturated heterocycles. The lowest BCUT2D eigenvalue weighted by atomic mass is 9.77. The van der Waals surface area contributed by atoms with Crippen molar-refractivity contribution in [1.29, 1.82) is 0 Å². The van der Waals surface area contributed by atoms with Crippen LogP contribution in [0.3, 0.4) is 0 Å². The number of carbonyl (C=O) groups excluding carboxylic acids is 2. The minimum absolute atomic E-state index is 0.0321. The first-order valence-corrected chi connectivity index (χ1v) is 7.26. The zero-order valence-electron chi connectivity index (χ0n) is 12.7. The third-order valence-electron chi connectivity index (χ3n) is 3.72. The van der Waals surface area contributed by atoms with Crippen LogP contribution in [0.2, 0.25) is 0 Å². The van der Waals surface area contributed by atoms with E-state index in [9.17, 15) is 14.0 Å². The summed E-state index contributed by atoms with van der Waals surface area (Å²) in [6, 6.07) is 8.95. The van der Waals surface area contributed by atoms with Crippen molar-refractivity contribution in [2.75, 3.05) is 0 Å². The summed E-state index contributed by atoms with van der Waals surface area (Å²) in [5, 5.41) is 0. The van der Waals surface area contributed by atoms with E-state index in [1.54, 1.807) is 30.3 Å². The number of Topliss-reactive ketones (excluding diaryl/α,β-unsaturated/α-hetero) is 2. The second-order valence-corrected chi connectivity index (χ2v) is 6.79. The fourth-order valence-corrected chi connectivity index (χ4v) is 2.49. The lowest BCUT2D eigenvalue weighted by Gasteiger charge is -2.26. The molecule has 0 bridgehead atoms. The highest BCUT2D eigenvalue weighted by atomic mass is 19.1. The van der Waals surface area contributed by atoms with E-state index in [1.165, 1.54) is 0 Å². The van der Waals surface area contributed by atoms with Crippen molar-refractivity contribution < 1.29 is 14.0 Å². The van der Waals surface area contributed by atoms with Crippen molar-refractivity contribution in [2.45, 2.75) is 45.7 Å². The van der Waals surface area contributed by atoms with Crippen LogP contribution in [-0.4, -0.2) is 17.7 Å². The summed E-state index contributed by atoms with van der Waals surface area (Å²) in [4.78, 5) is 24.4. The average molecular weight is 288 g/mol. The van der Waals surface area contributed by atoms with Crippen LogP contribution in [0.15, 0.2) is 42.0 Å². The third kappa shape index (κ3) is 3.66. The van der Waals surface area contributed by atoms with E-state index in [0.717, 1.165) is 0 Å². The minimum Gasteiger partial charge on any atom is -0.294 e. The minimum atomic E-state index is -1.63. The first kappa shape index (κ1) is 15.6. The highest BCUT2D eigenvalue weighted by molar-refractivity contribution is 6.24. The number of carbonyl (C=O) groups is 2. The molecule has 1 aliphatic carbocycles. The Hall–Kier alpha value is -1.77. The molecule has 0 N–H and O–H groups in total. The molecular weight excluding hydrogens is 267 g/mol. The van der Waals surface area contributed by atoms with E-state index in [1.807, 2.05) is 26.8 Å². The normalized spacial score (nSPS) is 25.4. The maximum Gasteiger partial charge on any atom is 0.200 e. The van der Waals surface area contributed by atoms with Crippen LogP contribution in [0.25, 0.3) is 0 Å². The van der Waals surface area contributed by atoms with E-state index in [4.69, 9.17) is 0 Å². The topological polar surface area (TPSA) is 34.1 Å². The number of rotatable bonds is 2. The summed E-state index contributed by atoms with van der Waals surface area (Å²) in [7, 11) is 0. The predicted molar refractivity (Wildman–Crippen MR) is 80.9 cm³/mol. The van der Waals surface area contributed by atoms with Crippen LogP contribution in [-0.2, 0) is 9.59 Å². The lowest BCUT2D eigenvalue weighted by molar-refractivity contribution is -0.128. The van der Waals surface area contributed by atoms with Crippen LogP contribution in [0.1, 0.15) is 45.1 Å². The highest BCUT2D eigenvalue weighted by Gasteiger charge is 2.40. The number of halogens is 1. The molecule has 0 spiro atoms. The molecule has 0 radical (unpaired) electrons. The van der Waals surface area contributed by atoms with Gasteiger partial charge in [-0.1, -0.05) is 57.2 Å². The van der Waals surface area contributed by atoms with Gasteiger partial charge in [0.1, 0.15) is 0 Å². The van der Waals surface area contributed by atoms with Gasteiger partial charge in [0, 0.05) is 12.3 Å². The lowest BCUT2D eigenvalue weighted by Crippen LogP contribution is -2.36. The molecule has 1 aliphatic rings. The van der Waals surface area contributed by atoms with Crippen LogP contribution in [0, 0.1) is 5.41 Å². The standard InChI is InChI=1S/C18H21FO2/c1-18(2,3)10-9-13-15(20)11-14(16(19)17(13)21)12-7-5-4-6-8-12/h4-9,14,16H,10-11H2,1-3H3. The molecule has 0 aromatic heterocycles. The molecule has 112 valence electrons. The highest BCUT2D eigenvalue weighted by Crippen LogP contribution is 2.34. The van der Waals surface area contributed by atoms with Gasteiger partial charge in [0.15, 0.2) is 12.0 Å². The number of ketones is 2. The van der Waals surface area contributed by atoms with Gasteiger partial charge >= 0.3 is 0 Å². The van der Waals surface area contributed by atoms with Gasteiger partial charge < -0.3 is 0 Å². The molecule has 3 heteroatoms. The first-order chi connectivity index (χ1) is 9.79. The Morgan fingerprint density at radius 2 is 1.81 bits per heavy atom. The van der Waals surface area contributed by atoms with Gasteiger partial charge in [-0.05, 0) is 17.4 Å². The van der Waals surface area contributed by atoms with Gasteiger partial charge in [-0.3, -0.25) is 9.59 Å². The van der Waals surface area contributed by atoms with Crippen LogP contribution in [0.4, 0.5) is 4.39 Å². The largest absolute Gasteiger partial charge is 0.294 e. The molecular formula is C18H21FO2. The van der Waals surface area contributed by atoms with Crippen molar-refractivity contribution in [1.82, 2.24) is 0 Å². The number of allylic oxidation sites excluding steroid dienone is 2. The maximum absolute atomic E-state index is 14.4. The fraction of sp³-hybridized carbons (Fsp3) is 0.444. The molecule has 0 aliphatic heterocycles. The molecule has 1 fully saturated rings. The summed E-state index contributed by atoms with van der Waals surface area (Å²) in [5.74, 6) is -1.56. The Labute approximate surface area is 125 Å². The van der Waals surface area contributed by atoms with Gasteiger partial charge in [-0.25, -0.2) is 4.39 Å². The Morgan fingerprint density at radius 3 is 2.38 bits per heavy atom. The van der Waals surface area contributed by atoms with E-state index in [-0.39, 0.29) is 23.2 Å². The van der Waals surface area contributed by atoms with Gasteiger partial charge in [0.05, 0.1) is 5.57 Å². The number of benzene rings is 1. The molecule has 1 aromatic carbocycles. The van der Waals surface area contributed by atoms with E-state index >= 15 is 0 Å². The maximum atomic E-state index is 14.4. The molecule has 2 atom stereocenters. The summed E-state index contributed by atoms with van der Waals surface area (Å²) in [5.41, 5.74) is 0.724. The third-order valence-corrected chi connectivity index (χ3v) is 3.72. The van der Waals surface area contributed by atoms with Gasteiger partial charge in [0.2, 0.25) is 5.78 Å². The molecule has 21 heavy (non-hydrogen) atoms. The SMILES string of the molecule is CC(C)(C)CC=C1C(=O)CC(c2ccccc2)C(F)C1=O. The van der Waals surface area contributed by atoms with Crippen LogP contribution < -0.4 is 0 Å². The molecule has 2 unspecified atom stereocenters. The summed E-state index contributed by atoms with van der Waals surface area (Å²) in [6.45, 7) is 6.05. The summed E-state index contributed by atoms with van der Waals surface area (Å²) in [6.07, 6.45) is 0.629. The Morgan fingerprint density at radius 1 is 1.19 bits per heavy atom. The van der Waals surface area contributed by atoms with Crippen LogP contribution >= 0.6 is 0 Å². The van der Waals surface area contributed by atoms with Crippen molar-refractivity contribution >= 4 is 11.6 Å². The number of hydrogen-bond donors (Lipinski definition) is 0. The number of hydrogen-bond acceptors (Lipinski definition) is 2. The van der Waals surface area contributed by atoms with E-state index in [0.29, 0.717) is 12.0 Å². The zero-order chi connectivity index (χ0) is 15.6. The second-order valence-electron chi connectivity index (χ2n) is 6.79. The quantitative estimate of drug-likeness (QED) is 0.608. The predicted octanol–water partition coefficient (Wildman–Crippen LogP) is 4.01. The second kappa shape index (κ2) is 5.92. The van der Waals surface area contributed by atoms with Gasteiger partial charge in [0.25, 0.3) is 0 Å². The molecule has 2 rings (SSSR count). The van der Waals surface area contributed by atoms with Gasteiger partial charge in [-0.2, -0.15) is 0 Å². The Kier molecular flexibility index (Phi) is 4.40.